The van der Waals surface area contributed by atoms with Crippen molar-refractivity contribution >= 4 is 29.0 Å². The zero-order chi connectivity index (χ0) is 20.8. The van der Waals surface area contributed by atoms with Gasteiger partial charge in [-0.3, -0.25) is 4.79 Å². The van der Waals surface area contributed by atoms with E-state index in [1.54, 1.807) is 11.3 Å². The van der Waals surface area contributed by atoms with E-state index < -0.39 is 0 Å². The molecule has 2 heterocycles. The summed E-state index contributed by atoms with van der Waals surface area (Å²) in [5, 5.41) is 5.80. The maximum Gasteiger partial charge on any atom is 0.231 e. The first-order valence-corrected chi connectivity index (χ1v) is 11.5. The molecule has 0 saturated carbocycles. The van der Waals surface area contributed by atoms with Crippen LogP contribution in [0.1, 0.15) is 22.2 Å². The van der Waals surface area contributed by atoms with Crippen LogP contribution in [-0.4, -0.2) is 21.6 Å². The predicted octanol–water partition coefficient (Wildman–Crippen LogP) is 5.51. The van der Waals surface area contributed by atoms with Crippen LogP contribution in [0.15, 0.2) is 89.4 Å². The number of thioether (sulfide) groups is 1. The molecule has 1 amide bonds. The van der Waals surface area contributed by atoms with Gasteiger partial charge in [-0.25, -0.2) is 9.97 Å². The lowest BCUT2D eigenvalue weighted by molar-refractivity contribution is -0.119. The molecule has 0 aliphatic heterocycles. The monoisotopic (exact) mass is 431 g/mol. The van der Waals surface area contributed by atoms with Gasteiger partial charge in [0, 0.05) is 16.1 Å². The molecule has 0 aliphatic rings. The smallest absolute Gasteiger partial charge is 0.231 e. The fourth-order valence-corrected chi connectivity index (χ4v) is 4.63. The van der Waals surface area contributed by atoms with Gasteiger partial charge in [-0.15, -0.1) is 11.3 Å². The first-order valence-electron chi connectivity index (χ1n) is 9.60. The SMILES string of the molecule is Cc1cc(-c2ccccc2)nc(SCC(=O)NC(c2ccccc2)c2cccs2)n1. The highest BCUT2D eigenvalue weighted by Crippen LogP contribution is 2.26. The van der Waals surface area contributed by atoms with E-state index in [9.17, 15) is 4.79 Å². The lowest BCUT2D eigenvalue weighted by Crippen LogP contribution is -2.30. The number of aryl methyl sites for hydroxylation is 1. The molecule has 30 heavy (non-hydrogen) atoms. The van der Waals surface area contributed by atoms with Crippen molar-refractivity contribution in [3.63, 3.8) is 0 Å². The van der Waals surface area contributed by atoms with Gasteiger partial charge in [-0.2, -0.15) is 0 Å². The van der Waals surface area contributed by atoms with Crippen molar-refractivity contribution in [1.82, 2.24) is 15.3 Å². The van der Waals surface area contributed by atoms with Crippen LogP contribution in [-0.2, 0) is 4.79 Å². The molecular formula is C24H21N3OS2. The summed E-state index contributed by atoms with van der Waals surface area (Å²) in [6.07, 6.45) is 0. The first-order chi connectivity index (χ1) is 14.7. The van der Waals surface area contributed by atoms with Crippen molar-refractivity contribution in [2.75, 3.05) is 5.75 Å². The van der Waals surface area contributed by atoms with Crippen LogP contribution in [0.2, 0.25) is 0 Å². The van der Waals surface area contributed by atoms with Gasteiger partial charge in [0.15, 0.2) is 5.16 Å². The van der Waals surface area contributed by atoms with Crippen molar-refractivity contribution in [3.8, 4) is 11.3 Å². The summed E-state index contributed by atoms with van der Waals surface area (Å²) < 4.78 is 0. The molecule has 1 atom stereocenters. The molecule has 6 heteroatoms. The molecule has 0 spiro atoms. The van der Waals surface area contributed by atoms with Crippen LogP contribution in [0, 0.1) is 6.92 Å². The number of carbonyl (C=O) groups is 1. The van der Waals surface area contributed by atoms with Crippen molar-refractivity contribution in [2.45, 2.75) is 18.1 Å². The number of hydrogen-bond acceptors (Lipinski definition) is 5. The summed E-state index contributed by atoms with van der Waals surface area (Å²) in [6, 6.07) is 25.9. The van der Waals surface area contributed by atoms with E-state index in [1.807, 2.05) is 91.2 Å². The molecular weight excluding hydrogens is 410 g/mol. The van der Waals surface area contributed by atoms with Gasteiger partial charge in [0.05, 0.1) is 17.5 Å². The number of hydrogen-bond donors (Lipinski definition) is 1. The zero-order valence-corrected chi connectivity index (χ0v) is 18.1. The third kappa shape index (κ3) is 5.14. The second kappa shape index (κ2) is 9.69. The minimum Gasteiger partial charge on any atom is -0.344 e. The molecule has 150 valence electrons. The van der Waals surface area contributed by atoms with Crippen LogP contribution >= 0.6 is 23.1 Å². The molecule has 4 nitrogen and oxygen atoms in total. The number of aromatic nitrogens is 2. The molecule has 4 aromatic rings. The largest absolute Gasteiger partial charge is 0.344 e. The minimum atomic E-state index is -0.155. The van der Waals surface area contributed by atoms with Gasteiger partial charge in [0.25, 0.3) is 0 Å². The number of amides is 1. The summed E-state index contributed by atoms with van der Waals surface area (Å²) in [5.41, 5.74) is 3.85. The fourth-order valence-electron chi connectivity index (χ4n) is 3.12. The van der Waals surface area contributed by atoms with Crippen LogP contribution in [0.4, 0.5) is 0 Å². The van der Waals surface area contributed by atoms with E-state index in [0.717, 1.165) is 27.4 Å². The van der Waals surface area contributed by atoms with Crippen molar-refractivity contribution in [2.24, 2.45) is 0 Å². The van der Waals surface area contributed by atoms with E-state index in [4.69, 9.17) is 0 Å². The molecule has 4 rings (SSSR count). The molecule has 0 fully saturated rings. The summed E-state index contributed by atoms with van der Waals surface area (Å²) in [6.45, 7) is 1.94. The van der Waals surface area contributed by atoms with Gasteiger partial charge in [0.2, 0.25) is 5.91 Å². The molecule has 0 aliphatic carbocycles. The Kier molecular flexibility index (Phi) is 6.57. The number of rotatable bonds is 7. The van der Waals surface area contributed by atoms with Crippen molar-refractivity contribution < 1.29 is 4.79 Å². The molecule has 1 unspecified atom stereocenters. The fraction of sp³-hybridized carbons (Fsp3) is 0.125. The molecule has 0 bridgehead atoms. The van der Waals surface area contributed by atoms with E-state index in [-0.39, 0.29) is 17.7 Å². The summed E-state index contributed by atoms with van der Waals surface area (Å²) >= 11 is 2.99. The van der Waals surface area contributed by atoms with Crippen LogP contribution in [0.3, 0.4) is 0 Å². The molecule has 1 N–H and O–H groups in total. The highest BCUT2D eigenvalue weighted by atomic mass is 32.2. The Hall–Kier alpha value is -2.96. The molecule has 2 aromatic heterocycles. The van der Waals surface area contributed by atoms with Gasteiger partial charge in [-0.1, -0.05) is 78.5 Å². The number of benzene rings is 2. The number of thiophene rings is 1. The number of carbonyl (C=O) groups excluding carboxylic acids is 1. The maximum absolute atomic E-state index is 12.8. The van der Waals surface area contributed by atoms with Crippen LogP contribution in [0.5, 0.6) is 0 Å². The molecule has 0 radical (unpaired) electrons. The van der Waals surface area contributed by atoms with Crippen LogP contribution in [0.25, 0.3) is 11.3 Å². The van der Waals surface area contributed by atoms with Crippen molar-refractivity contribution in [3.05, 3.63) is 100 Å². The Bertz CT molecular complexity index is 1100. The normalized spacial score (nSPS) is 11.8. The van der Waals surface area contributed by atoms with Gasteiger partial charge in [-0.05, 0) is 30.0 Å². The lowest BCUT2D eigenvalue weighted by atomic mass is 10.1. The molecule has 2 aromatic carbocycles. The maximum atomic E-state index is 12.8. The van der Waals surface area contributed by atoms with E-state index in [1.165, 1.54) is 11.8 Å². The highest BCUT2D eigenvalue weighted by Gasteiger charge is 2.18. The van der Waals surface area contributed by atoms with Crippen LogP contribution < -0.4 is 5.32 Å². The Morgan fingerprint density at radius 3 is 2.43 bits per heavy atom. The van der Waals surface area contributed by atoms with E-state index >= 15 is 0 Å². The minimum absolute atomic E-state index is 0.0476. The van der Waals surface area contributed by atoms with Gasteiger partial charge >= 0.3 is 0 Å². The Balaban J connectivity index is 1.46. The Morgan fingerprint density at radius 2 is 1.73 bits per heavy atom. The topological polar surface area (TPSA) is 54.9 Å². The molecule has 0 saturated heterocycles. The van der Waals surface area contributed by atoms with E-state index in [2.05, 4.69) is 15.3 Å². The summed E-state index contributed by atoms with van der Waals surface area (Å²) in [4.78, 5) is 23.0. The third-order valence-corrected chi connectivity index (χ3v) is 6.29. The second-order valence-corrected chi connectivity index (χ2v) is 8.68. The summed E-state index contributed by atoms with van der Waals surface area (Å²) in [7, 11) is 0. The highest BCUT2D eigenvalue weighted by molar-refractivity contribution is 7.99. The number of nitrogens with one attached hydrogen (secondary N) is 1. The Morgan fingerprint density at radius 1 is 1.00 bits per heavy atom. The summed E-state index contributed by atoms with van der Waals surface area (Å²) in [5.74, 6) is 0.209. The zero-order valence-electron chi connectivity index (χ0n) is 16.5. The quantitative estimate of drug-likeness (QED) is 0.310. The lowest BCUT2D eigenvalue weighted by Gasteiger charge is -2.18. The van der Waals surface area contributed by atoms with Gasteiger partial charge in [0.1, 0.15) is 0 Å². The number of nitrogens with zero attached hydrogens (tertiary/aromatic N) is 2. The van der Waals surface area contributed by atoms with Gasteiger partial charge < -0.3 is 5.32 Å². The first kappa shape index (κ1) is 20.3. The standard InChI is InChI=1S/C24H21N3OS2/c1-17-15-20(18-9-4-2-5-10-18)26-24(25-17)30-16-22(28)27-23(21-13-8-14-29-21)19-11-6-3-7-12-19/h2-15,23H,16H2,1H3,(H,27,28). The second-order valence-electron chi connectivity index (χ2n) is 6.76. The Labute approximate surface area is 184 Å². The van der Waals surface area contributed by atoms with Crippen molar-refractivity contribution in [1.29, 1.82) is 0 Å². The average molecular weight is 432 g/mol. The van der Waals surface area contributed by atoms with E-state index in [0.29, 0.717) is 5.16 Å². The predicted molar refractivity (Wildman–Crippen MR) is 124 cm³/mol. The third-order valence-electron chi connectivity index (χ3n) is 4.50. The average Bonchev–Trinajstić information content (AvgIpc) is 3.31.